The summed E-state index contributed by atoms with van der Waals surface area (Å²) in [7, 11) is 0. The number of aryl methyl sites for hydroxylation is 1. The van der Waals surface area contributed by atoms with E-state index in [1.807, 2.05) is 25.1 Å². The first-order chi connectivity index (χ1) is 10.6. The van der Waals surface area contributed by atoms with Crippen molar-refractivity contribution in [2.75, 3.05) is 5.32 Å². The molecule has 22 heavy (non-hydrogen) atoms. The van der Waals surface area contributed by atoms with Gasteiger partial charge in [0, 0.05) is 24.4 Å². The number of imidazole rings is 1. The van der Waals surface area contributed by atoms with E-state index in [1.165, 1.54) is 6.92 Å². The summed E-state index contributed by atoms with van der Waals surface area (Å²) in [6.07, 6.45) is 1.76. The Morgan fingerprint density at radius 2 is 2.09 bits per heavy atom. The van der Waals surface area contributed by atoms with E-state index in [1.54, 1.807) is 28.8 Å². The van der Waals surface area contributed by atoms with Crippen molar-refractivity contribution >= 4 is 23.1 Å². The van der Waals surface area contributed by atoms with Gasteiger partial charge in [-0.3, -0.25) is 9.20 Å². The van der Waals surface area contributed by atoms with Crippen LogP contribution in [0, 0.1) is 11.8 Å². The fourth-order valence-electron chi connectivity index (χ4n) is 2.42. The van der Waals surface area contributed by atoms with Crippen LogP contribution >= 0.6 is 0 Å². The first-order valence-corrected chi connectivity index (χ1v) is 6.79. The monoisotopic (exact) mass is 294 g/mol. The van der Waals surface area contributed by atoms with Gasteiger partial charge in [0.1, 0.15) is 11.3 Å². The first kappa shape index (κ1) is 13.9. The van der Waals surface area contributed by atoms with Crippen LogP contribution < -0.4 is 5.32 Å². The van der Waals surface area contributed by atoms with E-state index in [-0.39, 0.29) is 11.7 Å². The molecule has 1 N–H and O–H groups in total. The SMILES string of the molecule is CC(=O)Nc1cccc(-c2nc3c(C)cccn3c2N=O)c1. The molecule has 1 aromatic carbocycles. The summed E-state index contributed by atoms with van der Waals surface area (Å²) in [5, 5.41) is 5.85. The molecule has 0 saturated carbocycles. The number of anilines is 1. The number of nitroso groups, excluding NO2 is 1. The van der Waals surface area contributed by atoms with Crippen LogP contribution in [0.4, 0.5) is 11.5 Å². The van der Waals surface area contributed by atoms with Gasteiger partial charge < -0.3 is 5.32 Å². The van der Waals surface area contributed by atoms with Gasteiger partial charge in [0.2, 0.25) is 11.7 Å². The summed E-state index contributed by atoms with van der Waals surface area (Å²) in [5.41, 5.74) is 3.52. The molecule has 0 unspecified atom stereocenters. The Balaban J connectivity index is 2.20. The second-order valence-corrected chi connectivity index (χ2v) is 5.02. The summed E-state index contributed by atoms with van der Waals surface area (Å²) >= 11 is 0. The molecule has 0 fully saturated rings. The van der Waals surface area contributed by atoms with E-state index < -0.39 is 0 Å². The molecule has 2 heterocycles. The lowest BCUT2D eigenvalue weighted by Gasteiger charge is -2.04. The molecule has 1 amide bonds. The average molecular weight is 294 g/mol. The number of pyridine rings is 1. The average Bonchev–Trinajstić information content (AvgIpc) is 2.87. The number of benzene rings is 1. The Bertz CT molecular complexity index is 883. The second kappa shape index (κ2) is 5.40. The van der Waals surface area contributed by atoms with Crippen LogP contribution in [0.2, 0.25) is 0 Å². The number of nitrogens with zero attached hydrogens (tertiary/aromatic N) is 3. The summed E-state index contributed by atoms with van der Waals surface area (Å²) in [5.74, 6) is 0.0930. The topological polar surface area (TPSA) is 75.8 Å². The molecule has 2 aromatic heterocycles. The van der Waals surface area contributed by atoms with Gasteiger partial charge in [-0.05, 0) is 35.9 Å². The highest BCUT2D eigenvalue weighted by molar-refractivity contribution is 5.90. The minimum atomic E-state index is -0.156. The number of carbonyl (C=O) groups is 1. The standard InChI is InChI=1S/C16H14N4O2/c1-10-5-4-8-20-15(10)18-14(16(20)19-22)12-6-3-7-13(9-12)17-11(2)21/h3-9H,1-2H3,(H,17,21). The molecule has 0 radical (unpaired) electrons. The van der Waals surface area contributed by atoms with Crippen LogP contribution in [-0.2, 0) is 4.79 Å². The van der Waals surface area contributed by atoms with E-state index in [4.69, 9.17) is 0 Å². The zero-order valence-corrected chi connectivity index (χ0v) is 12.2. The molecule has 110 valence electrons. The third-order valence-corrected chi connectivity index (χ3v) is 3.36. The fourth-order valence-corrected chi connectivity index (χ4v) is 2.42. The number of nitrogens with one attached hydrogen (secondary N) is 1. The molecule has 0 spiro atoms. The zero-order valence-electron chi connectivity index (χ0n) is 12.2. The van der Waals surface area contributed by atoms with Crippen LogP contribution in [0.1, 0.15) is 12.5 Å². The van der Waals surface area contributed by atoms with E-state index in [0.717, 1.165) is 11.1 Å². The maximum atomic E-state index is 11.3. The highest BCUT2D eigenvalue weighted by Crippen LogP contribution is 2.32. The molecule has 0 saturated heterocycles. The number of rotatable bonds is 3. The van der Waals surface area contributed by atoms with Crippen molar-refractivity contribution < 1.29 is 4.79 Å². The smallest absolute Gasteiger partial charge is 0.221 e. The Morgan fingerprint density at radius 1 is 1.27 bits per heavy atom. The number of hydrogen-bond acceptors (Lipinski definition) is 4. The number of hydrogen-bond donors (Lipinski definition) is 1. The molecule has 3 rings (SSSR count). The third-order valence-electron chi connectivity index (χ3n) is 3.36. The van der Waals surface area contributed by atoms with Gasteiger partial charge >= 0.3 is 0 Å². The molecule has 6 heteroatoms. The fraction of sp³-hybridized carbons (Fsp3) is 0.125. The summed E-state index contributed by atoms with van der Waals surface area (Å²) in [6.45, 7) is 3.37. The van der Waals surface area contributed by atoms with Crippen molar-refractivity contribution in [3.8, 4) is 11.3 Å². The molecule has 0 aliphatic carbocycles. The largest absolute Gasteiger partial charge is 0.326 e. The first-order valence-electron chi connectivity index (χ1n) is 6.79. The van der Waals surface area contributed by atoms with E-state index in [2.05, 4.69) is 15.5 Å². The number of fused-ring (bicyclic) bond motifs is 1. The Morgan fingerprint density at radius 3 is 2.82 bits per heavy atom. The lowest BCUT2D eigenvalue weighted by Crippen LogP contribution is -2.05. The maximum absolute atomic E-state index is 11.3. The van der Waals surface area contributed by atoms with Gasteiger partial charge in [0.05, 0.1) is 0 Å². The minimum absolute atomic E-state index is 0.156. The van der Waals surface area contributed by atoms with Crippen LogP contribution in [-0.4, -0.2) is 15.3 Å². The number of amides is 1. The molecule has 6 nitrogen and oxygen atoms in total. The molecule has 3 aromatic rings. The summed E-state index contributed by atoms with van der Waals surface area (Å²) in [4.78, 5) is 27.0. The van der Waals surface area contributed by atoms with E-state index in [0.29, 0.717) is 17.0 Å². The van der Waals surface area contributed by atoms with E-state index in [9.17, 15) is 9.70 Å². The molecular formula is C16H14N4O2. The highest BCUT2D eigenvalue weighted by atomic mass is 16.3. The van der Waals surface area contributed by atoms with Crippen LogP contribution in [0.3, 0.4) is 0 Å². The van der Waals surface area contributed by atoms with Crippen LogP contribution in [0.5, 0.6) is 0 Å². The van der Waals surface area contributed by atoms with Gasteiger partial charge in [-0.25, -0.2) is 4.98 Å². The number of carbonyl (C=O) groups excluding carboxylic acids is 1. The van der Waals surface area contributed by atoms with Crippen molar-refractivity contribution in [3.05, 3.63) is 53.1 Å². The van der Waals surface area contributed by atoms with Gasteiger partial charge in [-0.2, -0.15) is 0 Å². The van der Waals surface area contributed by atoms with E-state index >= 15 is 0 Å². The lowest BCUT2D eigenvalue weighted by molar-refractivity contribution is -0.114. The highest BCUT2D eigenvalue weighted by Gasteiger charge is 2.16. The lowest BCUT2D eigenvalue weighted by atomic mass is 10.1. The van der Waals surface area contributed by atoms with Crippen molar-refractivity contribution in [2.45, 2.75) is 13.8 Å². The maximum Gasteiger partial charge on any atom is 0.221 e. The summed E-state index contributed by atoms with van der Waals surface area (Å²) in [6, 6.07) is 10.9. The zero-order chi connectivity index (χ0) is 15.7. The van der Waals surface area contributed by atoms with Crippen LogP contribution in [0.25, 0.3) is 16.9 Å². The predicted molar refractivity (Wildman–Crippen MR) is 85.1 cm³/mol. The van der Waals surface area contributed by atoms with Crippen molar-refractivity contribution in [1.29, 1.82) is 0 Å². The molecule has 0 aliphatic rings. The van der Waals surface area contributed by atoms with Crippen LogP contribution in [0.15, 0.2) is 47.8 Å². The van der Waals surface area contributed by atoms with Crippen molar-refractivity contribution in [2.24, 2.45) is 5.18 Å². The summed E-state index contributed by atoms with van der Waals surface area (Å²) < 4.78 is 1.67. The Labute approximate surface area is 126 Å². The molecule has 0 bridgehead atoms. The van der Waals surface area contributed by atoms with Gasteiger partial charge in [-0.1, -0.05) is 18.2 Å². The molecule has 0 atom stereocenters. The molecule has 0 aliphatic heterocycles. The molecular weight excluding hydrogens is 280 g/mol. The third kappa shape index (κ3) is 2.35. The predicted octanol–water partition coefficient (Wildman–Crippen LogP) is 3.67. The quantitative estimate of drug-likeness (QED) is 0.749. The van der Waals surface area contributed by atoms with Gasteiger partial charge in [0.15, 0.2) is 0 Å². The Kier molecular flexibility index (Phi) is 3.42. The minimum Gasteiger partial charge on any atom is -0.326 e. The normalized spacial score (nSPS) is 10.6. The van der Waals surface area contributed by atoms with Gasteiger partial charge in [-0.15, -0.1) is 4.91 Å². The second-order valence-electron chi connectivity index (χ2n) is 5.02. The van der Waals surface area contributed by atoms with Crippen molar-refractivity contribution in [3.63, 3.8) is 0 Å². The number of aromatic nitrogens is 2. The van der Waals surface area contributed by atoms with Crippen molar-refractivity contribution in [1.82, 2.24) is 9.38 Å². The van der Waals surface area contributed by atoms with Gasteiger partial charge in [0.25, 0.3) is 0 Å². The Hall–Kier alpha value is -3.02.